The van der Waals surface area contributed by atoms with Crippen LogP contribution in [0.2, 0.25) is 0 Å². The third kappa shape index (κ3) is 5.14. The van der Waals surface area contributed by atoms with Gasteiger partial charge < -0.3 is 10.3 Å². The van der Waals surface area contributed by atoms with Crippen molar-refractivity contribution in [1.29, 1.82) is 0 Å². The monoisotopic (exact) mass is 166 g/mol. The lowest BCUT2D eigenvalue weighted by atomic mass is 10.2. The second-order valence-corrected chi connectivity index (χ2v) is 1.91. The van der Waals surface area contributed by atoms with Gasteiger partial charge in [-0.3, -0.25) is 4.79 Å². The van der Waals surface area contributed by atoms with Gasteiger partial charge in [0.05, 0.1) is 13.5 Å². The first-order chi connectivity index (χ1) is 5.85. The Labute approximate surface area is 70.8 Å². The Morgan fingerprint density at radius 2 is 2.33 bits per heavy atom. The first-order valence-electron chi connectivity index (χ1n) is 3.35. The van der Waals surface area contributed by atoms with E-state index in [9.17, 15) is 0 Å². The maximum Gasteiger partial charge on any atom is 0.295 e. The van der Waals surface area contributed by atoms with Gasteiger partial charge in [-0.1, -0.05) is 18.2 Å². The minimum Gasteiger partial charge on any atom is -0.471 e. The Bertz CT molecular complexity index is 237. The van der Waals surface area contributed by atoms with Crippen molar-refractivity contribution in [2.75, 3.05) is 7.11 Å². The summed E-state index contributed by atoms with van der Waals surface area (Å²) in [6.07, 6.45) is 8.23. The van der Waals surface area contributed by atoms with Gasteiger partial charge in [0.15, 0.2) is 0 Å². The lowest BCUT2D eigenvalue weighted by Gasteiger charge is -1.85. The van der Waals surface area contributed by atoms with Crippen LogP contribution in [0, 0.1) is 0 Å². The topological polar surface area (TPSA) is 62.7 Å². The first-order valence-corrected chi connectivity index (χ1v) is 3.35. The molecular formula is C8H10N2O2. The Morgan fingerprint density at radius 1 is 1.67 bits per heavy atom. The van der Waals surface area contributed by atoms with Gasteiger partial charge >= 0.3 is 0 Å². The molecule has 0 bridgehead atoms. The summed E-state index contributed by atoms with van der Waals surface area (Å²) >= 11 is 0. The van der Waals surface area contributed by atoms with Crippen LogP contribution >= 0.6 is 0 Å². The molecule has 0 N–H and O–H groups in total. The number of hydrogen-bond acceptors (Lipinski definition) is 2. The summed E-state index contributed by atoms with van der Waals surface area (Å²) in [7, 11) is 1.31. The number of rotatable bonds is 1. The normalized spacial score (nSPS) is 12.6. The second kappa shape index (κ2) is 7.44. The minimum absolute atomic E-state index is 0.375. The molecular weight excluding hydrogens is 156 g/mol. The van der Waals surface area contributed by atoms with E-state index in [1.165, 1.54) is 7.11 Å². The average molecular weight is 166 g/mol. The summed E-state index contributed by atoms with van der Waals surface area (Å²) in [4.78, 5) is 12.0. The van der Waals surface area contributed by atoms with Crippen molar-refractivity contribution in [3.63, 3.8) is 0 Å². The number of allylic oxidation sites excluding steroid dienone is 4. The number of ether oxygens (including phenoxy) is 1. The summed E-state index contributed by atoms with van der Waals surface area (Å²) in [6.45, 7) is 0.375. The third-order valence-electron chi connectivity index (χ3n) is 1.09. The predicted octanol–water partition coefficient (Wildman–Crippen LogP) is 0.963. The van der Waals surface area contributed by atoms with E-state index in [1.54, 1.807) is 6.08 Å². The molecule has 0 amide bonds. The van der Waals surface area contributed by atoms with Crippen LogP contribution in [0.25, 0.3) is 5.53 Å². The zero-order chi connectivity index (χ0) is 9.23. The van der Waals surface area contributed by atoms with E-state index >= 15 is 0 Å². The molecule has 1 aliphatic carbocycles. The molecule has 1 rings (SSSR count). The van der Waals surface area contributed by atoms with Gasteiger partial charge in [-0.2, -0.15) is 4.79 Å². The van der Waals surface area contributed by atoms with E-state index in [4.69, 9.17) is 10.3 Å². The van der Waals surface area contributed by atoms with Gasteiger partial charge in [0.25, 0.3) is 12.2 Å². The van der Waals surface area contributed by atoms with E-state index in [0.717, 1.165) is 6.42 Å². The molecule has 0 spiro atoms. The molecule has 4 nitrogen and oxygen atoms in total. The fourth-order valence-corrected chi connectivity index (χ4v) is 0.576. The highest BCUT2D eigenvalue weighted by Crippen LogP contribution is 1.94. The summed E-state index contributed by atoms with van der Waals surface area (Å²) < 4.78 is 3.86. The molecule has 64 valence electrons. The second-order valence-electron chi connectivity index (χ2n) is 1.91. The van der Waals surface area contributed by atoms with Gasteiger partial charge in [0.2, 0.25) is 0 Å². The lowest BCUT2D eigenvalue weighted by Crippen LogP contribution is -1.93. The molecule has 0 atom stereocenters. The Kier molecular flexibility index (Phi) is 6.40. The van der Waals surface area contributed by atoms with Crippen LogP contribution < -0.4 is 0 Å². The van der Waals surface area contributed by atoms with E-state index in [1.807, 2.05) is 18.2 Å². The molecule has 0 fully saturated rings. The van der Waals surface area contributed by atoms with Gasteiger partial charge in [-0.15, -0.1) is 0 Å². The van der Waals surface area contributed by atoms with Crippen molar-refractivity contribution in [2.24, 2.45) is 0 Å². The highest BCUT2D eigenvalue weighted by Gasteiger charge is 1.99. The standard InChI is InChI=1S/C6H6N2.C2H4O2/c7-8-6-4-2-1-3-5-6;1-4-2-3/h1-4H,5H2;2H,1H3. The summed E-state index contributed by atoms with van der Waals surface area (Å²) in [6, 6.07) is 0. The highest BCUT2D eigenvalue weighted by atomic mass is 16.5. The van der Waals surface area contributed by atoms with Crippen molar-refractivity contribution in [3.8, 4) is 0 Å². The molecule has 0 saturated heterocycles. The number of carbonyl (C=O) groups excluding carboxylic acids is 1. The molecule has 0 aromatic heterocycles. The van der Waals surface area contributed by atoms with Crippen LogP contribution in [0.15, 0.2) is 24.3 Å². The van der Waals surface area contributed by atoms with Crippen LogP contribution in [-0.2, 0) is 9.53 Å². The SMILES string of the molecule is COC=O.[N-]=[N+]=C1C=CC=CC1. The summed E-state index contributed by atoms with van der Waals surface area (Å²) in [5.74, 6) is 0. The van der Waals surface area contributed by atoms with Gasteiger partial charge in [0.1, 0.15) is 0 Å². The van der Waals surface area contributed by atoms with Crippen molar-refractivity contribution in [2.45, 2.75) is 6.42 Å². The lowest BCUT2D eigenvalue weighted by molar-refractivity contribution is -0.126. The molecule has 0 radical (unpaired) electrons. The van der Waals surface area contributed by atoms with Crippen molar-refractivity contribution in [1.82, 2.24) is 0 Å². The first kappa shape index (κ1) is 10.3. The molecule has 0 aromatic rings. The van der Waals surface area contributed by atoms with Crippen molar-refractivity contribution >= 4 is 12.2 Å². The predicted molar refractivity (Wildman–Crippen MR) is 44.6 cm³/mol. The zero-order valence-corrected chi connectivity index (χ0v) is 6.80. The van der Waals surface area contributed by atoms with Crippen LogP contribution in [0.1, 0.15) is 6.42 Å². The summed E-state index contributed by atoms with van der Waals surface area (Å²) in [5, 5.41) is 0. The molecule has 1 aliphatic rings. The maximum atomic E-state index is 8.95. The van der Waals surface area contributed by atoms with Crippen molar-refractivity contribution in [3.05, 3.63) is 29.8 Å². The number of methoxy groups -OCH3 is 1. The van der Waals surface area contributed by atoms with E-state index in [2.05, 4.69) is 9.53 Å². The number of nitrogens with zero attached hydrogens (tertiary/aromatic N) is 2. The molecule has 0 aliphatic heterocycles. The van der Waals surface area contributed by atoms with Gasteiger partial charge in [0, 0.05) is 6.08 Å². The van der Waals surface area contributed by atoms with Gasteiger partial charge in [-0.25, -0.2) is 0 Å². The largest absolute Gasteiger partial charge is 0.471 e. The quantitative estimate of drug-likeness (QED) is 0.331. The fraction of sp³-hybridized carbons (Fsp3) is 0.250. The van der Waals surface area contributed by atoms with E-state index in [-0.39, 0.29) is 0 Å². The molecule has 0 unspecified atom stereocenters. The average Bonchev–Trinajstić information content (AvgIpc) is 2.19. The Balaban J connectivity index is 0.000000261. The fourth-order valence-electron chi connectivity index (χ4n) is 0.576. The summed E-state index contributed by atoms with van der Waals surface area (Å²) in [5.41, 5.74) is 8.91. The van der Waals surface area contributed by atoms with Crippen LogP contribution in [0.4, 0.5) is 0 Å². The van der Waals surface area contributed by atoms with E-state index in [0.29, 0.717) is 12.2 Å². The Morgan fingerprint density at radius 3 is 2.58 bits per heavy atom. The highest BCUT2D eigenvalue weighted by molar-refractivity contribution is 5.92. The number of hydrogen-bond donors (Lipinski definition) is 0. The maximum absolute atomic E-state index is 8.95. The molecule has 4 heteroatoms. The Hall–Kier alpha value is -1.67. The van der Waals surface area contributed by atoms with Crippen LogP contribution in [-0.4, -0.2) is 24.1 Å². The minimum atomic E-state index is 0.375. The zero-order valence-electron chi connectivity index (χ0n) is 6.80. The number of carbonyl (C=O) groups is 1. The molecule has 0 heterocycles. The molecule has 12 heavy (non-hydrogen) atoms. The third-order valence-corrected chi connectivity index (χ3v) is 1.09. The van der Waals surface area contributed by atoms with E-state index < -0.39 is 0 Å². The molecule has 0 aromatic carbocycles. The smallest absolute Gasteiger partial charge is 0.295 e. The molecule has 0 saturated carbocycles. The van der Waals surface area contributed by atoms with Gasteiger partial charge in [-0.05, 0) is 0 Å². The van der Waals surface area contributed by atoms with Crippen LogP contribution in [0.5, 0.6) is 0 Å². The van der Waals surface area contributed by atoms with Crippen molar-refractivity contribution < 1.29 is 14.3 Å². The van der Waals surface area contributed by atoms with Crippen LogP contribution in [0.3, 0.4) is 0 Å².